The number of carbonyl (C=O) groups excluding carboxylic acids is 1. The predicted octanol–water partition coefficient (Wildman–Crippen LogP) is 5.39. The number of Topliss-reactive ketones (excluding diaryl/α,β-unsaturated/α-hetero) is 1. The van der Waals surface area contributed by atoms with Gasteiger partial charge in [-0.15, -0.1) is 0 Å². The summed E-state index contributed by atoms with van der Waals surface area (Å²) >= 11 is 0. The molecule has 0 aliphatic carbocycles. The van der Waals surface area contributed by atoms with E-state index in [1.807, 2.05) is 84.9 Å². The normalized spacial score (nSPS) is 24.5. The molecule has 1 aliphatic rings. The summed E-state index contributed by atoms with van der Waals surface area (Å²) in [5.74, 6) is 0.923. The number of nitrogens with one attached hydrogen (secondary N) is 1. The topological polar surface area (TPSA) is 55.4 Å². The van der Waals surface area contributed by atoms with Crippen LogP contribution in [0.3, 0.4) is 0 Å². The molecule has 4 atom stereocenters. The summed E-state index contributed by atoms with van der Waals surface area (Å²) in [6.07, 6.45) is 3.30. The Hall–Kier alpha value is -3.37. The van der Waals surface area contributed by atoms with Gasteiger partial charge in [0.15, 0.2) is 5.78 Å². The van der Waals surface area contributed by atoms with E-state index in [0.717, 1.165) is 22.6 Å². The molecule has 4 unspecified atom stereocenters. The highest BCUT2D eigenvalue weighted by Gasteiger charge is 2.47. The van der Waals surface area contributed by atoms with Crippen molar-refractivity contribution in [3.63, 3.8) is 0 Å². The second-order valence-corrected chi connectivity index (χ2v) is 7.33. The van der Waals surface area contributed by atoms with Crippen LogP contribution in [0.5, 0.6) is 0 Å². The minimum Gasteiger partial charge on any atom is -0.468 e. The molecule has 2 aromatic heterocycles. The van der Waals surface area contributed by atoms with Gasteiger partial charge < -0.3 is 8.83 Å². The van der Waals surface area contributed by atoms with Crippen LogP contribution in [0, 0.1) is 0 Å². The van der Waals surface area contributed by atoms with Crippen molar-refractivity contribution in [2.45, 2.75) is 23.9 Å². The number of furan rings is 2. The van der Waals surface area contributed by atoms with Crippen molar-refractivity contribution >= 4 is 5.78 Å². The SMILES string of the molecule is O=C1C(c2ccccc2)C(c2ccco2)NC(c2ccco2)C1c1ccccc1. The maximum Gasteiger partial charge on any atom is 0.151 e. The van der Waals surface area contributed by atoms with Gasteiger partial charge >= 0.3 is 0 Å². The van der Waals surface area contributed by atoms with E-state index in [1.165, 1.54) is 0 Å². The molecule has 4 aromatic rings. The summed E-state index contributed by atoms with van der Waals surface area (Å²) in [4.78, 5) is 14.0. The Balaban J connectivity index is 1.66. The number of ketones is 1. The fourth-order valence-corrected chi connectivity index (χ4v) is 4.37. The monoisotopic (exact) mass is 383 g/mol. The van der Waals surface area contributed by atoms with Crippen LogP contribution in [0.2, 0.25) is 0 Å². The quantitative estimate of drug-likeness (QED) is 0.513. The lowest BCUT2D eigenvalue weighted by Crippen LogP contribution is -2.46. The number of benzene rings is 2. The molecule has 0 saturated carbocycles. The van der Waals surface area contributed by atoms with Gasteiger partial charge in [0.05, 0.1) is 36.4 Å². The molecule has 4 nitrogen and oxygen atoms in total. The Morgan fingerprint density at radius 1 is 0.586 bits per heavy atom. The summed E-state index contributed by atoms with van der Waals surface area (Å²) < 4.78 is 11.5. The average molecular weight is 383 g/mol. The molecule has 1 fully saturated rings. The van der Waals surface area contributed by atoms with Gasteiger partial charge in [0, 0.05) is 0 Å². The Kier molecular flexibility index (Phi) is 4.62. The maximum absolute atomic E-state index is 14.0. The average Bonchev–Trinajstić information content (AvgIpc) is 3.49. The molecular weight excluding hydrogens is 362 g/mol. The molecule has 5 rings (SSSR count). The van der Waals surface area contributed by atoms with Crippen LogP contribution in [-0.4, -0.2) is 5.78 Å². The molecule has 1 N–H and O–H groups in total. The van der Waals surface area contributed by atoms with E-state index in [1.54, 1.807) is 12.5 Å². The fraction of sp³-hybridized carbons (Fsp3) is 0.160. The molecule has 144 valence electrons. The van der Waals surface area contributed by atoms with Crippen molar-refractivity contribution in [2.75, 3.05) is 0 Å². The number of hydrogen-bond acceptors (Lipinski definition) is 4. The van der Waals surface area contributed by atoms with Gasteiger partial charge in [0.2, 0.25) is 0 Å². The minimum absolute atomic E-state index is 0.156. The number of hydrogen-bond donors (Lipinski definition) is 1. The third-order valence-electron chi connectivity index (χ3n) is 5.66. The maximum atomic E-state index is 14.0. The molecule has 3 heterocycles. The van der Waals surface area contributed by atoms with Gasteiger partial charge in [-0.2, -0.15) is 0 Å². The van der Waals surface area contributed by atoms with Gasteiger partial charge in [-0.3, -0.25) is 10.1 Å². The highest BCUT2D eigenvalue weighted by Crippen LogP contribution is 2.47. The van der Waals surface area contributed by atoms with Crippen LogP contribution in [0.1, 0.15) is 46.6 Å². The first-order chi connectivity index (χ1) is 14.3. The second kappa shape index (κ2) is 7.57. The summed E-state index contributed by atoms with van der Waals surface area (Å²) in [6.45, 7) is 0. The van der Waals surface area contributed by atoms with Crippen LogP contribution in [-0.2, 0) is 4.79 Å². The second-order valence-electron chi connectivity index (χ2n) is 7.33. The number of carbonyl (C=O) groups is 1. The standard InChI is InChI=1S/C25H21NO3/c27-25-21(17-9-3-1-4-10-17)23(19-13-7-15-28-19)26-24(20-14-8-16-29-20)22(25)18-11-5-2-6-12-18/h1-16,21-24,26H. The van der Waals surface area contributed by atoms with E-state index in [0.29, 0.717) is 0 Å². The van der Waals surface area contributed by atoms with Crippen LogP contribution >= 0.6 is 0 Å². The molecule has 29 heavy (non-hydrogen) atoms. The predicted molar refractivity (Wildman–Crippen MR) is 109 cm³/mol. The molecule has 1 saturated heterocycles. The van der Waals surface area contributed by atoms with Crippen LogP contribution in [0.4, 0.5) is 0 Å². The summed E-state index contributed by atoms with van der Waals surface area (Å²) in [7, 11) is 0. The Labute approximate surface area is 169 Å². The molecule has 0 bridgehead atoms. The largest absolute Gasteiger partial charge is 0.468 e. The zero-order valence-corrected chi connectivity index (χ0v) is 15.8. The Morgan fingerprint density at radius 2 is 1.03 bits per heavy atom. The van der Waals surface area contributed by atoms with Gasteiger partial charge in [-0.25, -0.2) is 0 Å². The molecule has 2 aromatic carbocycles. The molecule has 0 radical (unpaired) electrons. The van der Waals surface area contributed by atoms with Gasteiger partial charge in [-0.05, 0) is 35.4 Å². The highest BCUT2D eigenvalue weighted by molar-refractivity contribution is 5.94. The van der Waals surface area contributed by atoms with E-state index >= 15 is 0 Å². The molecule has 1 aliphatic heterocycles. The Bertz CT molecular complexity index is 970. The van der Waals surface area contributed by atoms with Crippen LogP contribution < -0.4 is 5.32 Å². The van der Waals surface area contributed by atoms with Crippen LogP contribution in [0.25, 0.3) is 0 Å². The third kappa shape index (κ3) is 3.22. The highest BCUT2D eigenvalue weighted by atomic mass is 16.3. The van der Waals surface area contributed by atoms with Crippen LogP contribution in [0.15, 0.2) is 106 Å². The van der Waals surface area contributed by atoms with Crippen molar-refractivity contribution in [3.8, 4) is 0 Å². The minimum atomic E-state index is -0.362. The molecule has 0 spiro atoms. The Morgan fingerprint density at radius 3 is 1.41 bits per heavy atom. The van der Waals surface area contributed by atoms with Crippen molar-refractivity contribution < 1.29 is 13.6 Å². The van der Waals surface area contributed by atoms with E-state index in [9.17, 15) is 4.79 Å². The molecule has 4 heteroatoms. The zero-order valence-electron chi connectivity index (χ0n) is 15.8. The first kappa shape index (κ1) is 17.7. The summed E-state index contributed by atoms with van der Waals surface area (Å²) in [6, 6.07) is 26.8. The van der Waals surface area contributed by atoms with E-state index in [-0.39, 0.29) is 29.7 Å². The van der Waals surface area contributed by atoms with Gasteiger partial charge in [-0.1, -0.05) is 60.7 Å². The first-order valence-electron chi connectivity index (χ1n) is 9.79. The fourth-order valence-electron chi connectivity index (χ4n) is 4.37. The lowest BCUT2D eigenvalue weighted by Gasteiger charge is -2.40. The zero-order chi connectivity index (χ0) is 19.6. The third-order valence-corrected chi connectivity index (χ3v) is 5.66. The van der Waals surface area contributed by atoms with E-state index in [2.05, 4.69) is 5.32 Å². The summed E-state index contributed by atoms with van der Waals surface area (Å²) in [5, 5.41) is 3.68. The van der Waals surface area contributed by atoms with Gasteiger partial charge in [0.1, 0.15) is 11.5 Å². The first-order valence-corrected chi connectivity index (χ1v) is 9.79. The molecular formula is C25H21NO3. The van der Waals surface area contributed by atoms with Crippen molar-refractivity contribution in [2.24, 2.45) is 0 Å². The van der Waals surface area contributed by atoms with Crippen molar-refractivity contribution in [3.05, 3.63) is 120 Å². The van der Waals surface area contributed by atoms with Crippen molar-refractivity contribution in [1.82, 2.24) is 5.32 Å². The molecule has 0 amide bonds. The van der Waals surface area contributed by atoms with E-state index in [4.69, 9.17) is 8.83 Å². The smallest absolute Gasteiger partial charge is 0.151 e. The lowest BCUT2D eigenvalue weighted by atomic mass is 9.71. The number of piperidine rings is 1. The van der Waals surface area contributed by atoms with E-state index < -0.39 is 0 Å². The number of rotatable bonds is 4. The summed E-state index contributed by atoms with van der Waals surface area (Å²) in [5.41, 5.74) is 1.95. The lowest BCUT2D eigenvalue weighted by molar-refractivity contribution is -0.126. The van der Waals surface area contributed by atoms with Gasteiger partial charge in [0.25, 0.3) is 0 Å². The van der Waals surface area contributed by atoms with Crippen molar-refractivity contribution in [1.29, 1.82) is 0 Å².